The van der Waals surface area contributed by atoms with E-state index < -0.39 is 0 Å². The van der Waals surface area contributed by atoms with Crippen molar-refractivity contribution in [1.29, 1.82) is 0 Å². The van der Waals surface area contributed by atoms with Gasteiger partial charge in [-0.05, 0) is 72.8 Å². The highest BCUT2D eigenvalue weighted by atomic mass is 16.5. The maximum absolute atomic E-state index is 13.9. The van der Waals surface area contributed by atoms with E-state index in [1.54, 1.807) is 0 Å². The van der Waals surface area contributed by atoms with Crippen molar-refractivity contribution < 1.29 is 14.3 Å². The molecule has 4 aromatic rings. The van der Waals surface area contributed by atoms with Gasteiger partial charge in [-0.1, -0.05) is 18.2 Å². The number of rotatable bonds is 6. The highest BCUT2D eigenvalue weighted by molar-refractivity contribution is 6.08. The molecule has 1 amide bonds. The predicted octanol–water partition coefficient (Wildman–Crippen LogP) is 5.40. The van der Waals surface area contributed by atoms with Crippen molar-refractivity contribution in [2.75, 3.05) is 56.2 Å². The van der Waals surface area contributed by atoms with Crippen molar-refractivity contribution in [1.82, 2.24) is 9.88 Å². The lowest BCUT2D eigenvalue weighted by atomic mass is 10.0. The molecule has 3 heterocycles. The maximum Gasteiger partial charge on any atom is 0.258 e. The molecular weight excluding hydrogens is 476 g/mol. The average Bonchev–Trinajstić information content (AvgIpc) is 3.35. The van der Waals surface area contributed by atoms with E-state index in [0.717, 1.165) is 78.4 Å². The first-order chi connectivity index (χ1) is 18.7. The molecule has 0 bridgehead atoms. The predicted molar refractivity (Wildman–Crippen MR) is 152 cm³/mol. The SMILES string of the molecule is CC1CCN(C(=O)c2ccc(-c3ccc4[nH]ccc4c3)c(OCCN3CCOCC3)c2)c2ccccc2N1. The number of carbonyl (C=O) groups is 1. The monoisotopic (exact) mass is 510 g/mol. The van der Waals surface area contributed by atoms with Gasteiger partial charge in [0.15, 0.2) is 0 Å². The van der Waals surface area contributed by atoms with Crippen molar-refractivity contribution >= 4 is 28.2 Å². The molecule has 6 rings (SSSR count). The van der Waals surface area contributed by atoms with Gasteiger partial charge >= 0.3 is 0 Å². The summed E-state index contributed by atoms with van der Waals surface area (Å²) in [4.78, 5) is 21.4. The number of aromatic nitrogens is 1. The number of nitrogens with zero attached hydrogens (tertiary/aromatic N) is 2. The topological polar surface area (TPSA) is 69.8 Å². The largest absolute Gasteiger partial charge is 0.492 e. The summed E-state index contributed by atoms with van der Waals surface area (Å²) in [6.45, 7) is 7.53. The molecule has 7 nitrogen and oxygen atoms in total. The van der Waals surface area contributed by atoms with Gasteiger partial charge in [0.2, 0.25) is 0 Å². The van der Waals surface area contributed by atoms with Crippen LogP contribution in [-0.4, -0.2) is 67.8 Å². The van der Waals surface area contributed by atoms with Crippen LogP contribution in [0.1, 0.15) is 23.7 Å². The molecule has 1 fully saturated rings. The van der Waals surface area contributed by atoms with E-state index in [9.17, 15) is 4.79 Å². The van der Waals surface area contributed by atoms with Gasteiger partial charge in [0.1, 0.15) is 12.4 Å². The number of ether oxygens (including phenoxy) is 2. The van der Waals surface area contributed by atoms with Crippen molar-refractivity contribution in [3.63, 3.8) is 0 Å². The number of aromatic amines is 1. The lowest BCUT2D eigenvalue weighted by Gasteiger charge is -2.26. The lowest BCUT2D eigenvalue weighted by Crippen LogP contribution is -2.38. The molecular formula is C31H34N4O3. The first kappa shape index (κ1) is 24.5. The Kier molecular flexibility index (Phi) is 7.03. The number of hydrogen-bond donors (Lipinski definition) is 2. The van der Waals surface area contributed by atoms with Gasteiger partial charge in [0, 0.05) is 55.1 Å². The smallest absolute Gasteiger partial charge is 0.258 e. The van der Waals surface area contributed by atoms with Crippen LogP contribution in [0.3, 0.4) is 0 Å². The molecule has 2 N–H and O–H groups in total. The summed E-state index contributed by atoms with van der Waals surface area (Å²) in [7, 11) is 0. The fourth-order valence-electron chi connectivity index (χ4n) is 5.32. The molecule has 38 heavy (non-hydrogen) atoms. The minimum Gasteiger partial charge on any atom is -0.492 e. The zero-order valence-corrected chi connectivity index (χ0v) is 21.8. The molecule has 0 saturated carbocycles. The Morgan fingerprint density at radius 3 is 2.79 bits per heavy atom. The van der Waals surface area contributed by atoms with E-state index >= 15 is 0 Å². The Labute approximate surface area is 223 Å². The van der Waals surface area contributed by atoms with E-state index in [4.69, 9.17) is 9.47 Å². The van der Waals surface area contributed by atoms with E-state index in [1.165, 1.54) is 0 Å². The van der Waals surface area contributed by atoms with Crippen LogP contribution < -0.4 is 15.0 Å². The summed E-state index contributed by atoms with van der Waals surface area (Å²) < 4.78 is 11.9. The lowest BCUT2D eigenvalue weighted by molar-refractivity contribution is 0.0323. The van der Waals surface area contributed by atoms with Gasteiger partial charge in [-0.3, -0.25) is 9.69 Å². The second-order valence-corrected chi connectivity index (χ2v) is 10.1. The second-order valence-electron chi connectivity index (χ2n) is 10.1. The summed E-state index contributed by atoms with van der Waals surface area (Å²) >= 11 is 0. The Morgan fingerprint density at radius 1 is 1.03 bits per heavy atom. The van der Waals surface area contributed by atoms with Crippen LogP contribution in [0.5, 0.6) is 5.75 Å². The van der Waals surface area contributed by atoms with Gasteiger partial charge in [-0.2, -0.15) is 0 Å². The van der Waals surface area contributed by atoms with Crippen molar-refractivity contribution in [3.8, 4) is 16.9 Å². The molecule has 1 saturated heterocycles. The van der Waals surface area contributed by atoms with Gasteiger partial charge in [0.05, 0.1) is 24.6 Å². The maximum atomic E-state index is 13.9. The Hall–Kier alpha value is -3.81. The zero-order chi connectivity index (χ0) is 25.9. The van der Waals surface area contributed by atoms with Crippen LogP contribution in [0.15, 0.2) is 72.9 Å². The molecule has 1 aromatic heterocycles. The van der Waals surface area contributed by atoms with Crippen LogP contribution >= 0.6 is 0 Å². The highest BCUT2D eigenvalue weighted by Crippen LogP contribution is 2.35. The number of para-hydroxylation sites is 2. The number of H-pyrrole nitrogens is 1. The molecule has 0 spiro atoms. The van der Waals surface area contributed by atoms with Crippen molar-refractivity contribution in [2.24, 2.45) is 0 Å². The fourth-order valence-corrected chi connectivity index (χ4v) is 5.32. The molecule has 2 aliphatic heterocycles. The van der Waals surface area contributed by atoms with E-state index in [-0.39, 0.29) is 5.91 Å². The summed E-state index contributed by atoms with van der Waals surface area (Å²) in [6.07, 6.45) is 2.82. The fraction of sp³-hybridized carbons (Fsp3) is 0.323. The summed E-state index contributed by atoms with van der Waals surface area (Å²) in [5, 5.41) is 4.68. The number of fused-ring (bicyclic) bond motifs is 2. The Bertz CT molecular complexity index is 1430. The summed E-state index contributed by atoms with van der Waals surface area (Å²) in [6, 6.07) is 22.6. The summed E-state index contributed by atoms with van der Waals surface area (Å²) in [5.41, 5.74) is 5.68. The van der Waals surface area contributed by atoms with Crippen LogP contribution in [-0.2, 0) is 4.74 Å². The molecule has 1 atom stereocenters. The number of morpholine rings is 1. The third-order valence-corrected chi connectivity index (χ3v) is 7.49. The standard InChI is InChI=1S/C31H34N4O3/c1-22-11-13-35(29-5-3-2-4-28(29)33-22)31(36)25-6-8-26(23-7-9-27-24(20-23)10-12-32-27)30(21-25)38-19-16-34-14-17-37-18-15-34/h2-10,12,20-22,32-33H,11,13-19H2,1H3. The first-order valence-electron chi connectivity index (χ1n) is 13.5. The second kappa shape index (κ2) is 10.9. The summed E-state index contributed by atoms with van der Waals surface area (Å²) in [5.74, 6) is 0.715. The zero-order valence-electron chi connectivity index (χ0n) is 21.8. The average molecular weight is 511 g/mol. The van der Waals surface area contributed by atoms with Crippen LogP contribution in [0.4, 0.5) is 11.4 Å². The minimum atomic E-state index is -0.0148. The Morgan fingerprint density at radius 2 is 1.89 bits per heavy atom. The normalized spacial score (nSPS) is 18.0. The van der Waals surface area contributed by atoms with Crippen LogP contribution in [0.25, 0.3) is 22.0 Å². The number of carbonyl (C=O) groups excluding carboxylic acids is 1. The molecule has 2 aliphatic rings. The molecule has 1 unspecified atom stereocenters. The number of amides is 1. The third-order valence-electron chi connectivity index (χ3n) is 7.49. The van der Waals surface area contributed by atoms with E-state index in [1.807, 2.05) is 53.6 Å². The third kappa shape index (κ3) is 5.12. The number of anilines is 2. The van der Waals surface area contributed by atoms with Gasteiger partial charge < -0.3 is 24.7 Å². The quantitative estimate of drug-likeness (QED) is 0.364. The van der Waals surface area contributed by atoms with Gasteiger partial charge in [-0.15, -0.1) is 0 Å². The molecule has 3 aromatic carbocycles. The first-order valence-corrected chi connectivity index (χ1v) is 13.5. The number of hydrogen-bond acceptors (Lipinski definition) is 5. The van der Waals surface area contributed by atoms with Crippen LogP contribution in [0.2, 0.25) is 0 Å². The Balaban J connectivity index is 1.31. The van der Waals surface area contributed by atoms with Crippen molar-refractivity contribution in [3.05, 3.63) is 78.5 Å². The highest BCUT2D eigenvalue weighted by Gasteiger charge is 2.25. The van der Waals surface area contributed by atoms with Gasteiger partial charge in [0.25, 0.3) is 5.91 Å². The minimum absolute atomic E-state index is 0.0148. The number of benzene rings is 3. The molecule has 196 valence electrons. The van der Waals surface area contributed by atoms with Gasteiger partial charge in [-0.25, -0.2) is 0 Å². The van der Waals surface area contributed by atoms with E-state index in [2.05, 4.69) is 46.4 Å². The van der Waals surface area contributed by atoms with Crippen molar-refractivity contribution in [2.45, 2.75) is 19.4 Å². The van der Waals surface area contributed by atoms with Crippen LogP contribution in [0, 0.1) is 0 Å². The molecule has 7 heteroatoms. The number of nitrogens with one attached hydrogen (secondary N) is 2. The van der Waals surface area contributed by atoms with E-state index in [0.29, 0.717) is 24.8 Å². The molecule has 0 radical (unpaired) electrons. The molecule has 0 aliphatic carbocycles.